The minimum absolute atomic E-state index is 0.253. The summed E-state index contributed by atoms with van der Waals surface area (Å²) in [6.07, 6.45) is 5.01. The molecule has 0 unspecified atom stereocenters. The van der Waals surface area contributed by atoms with Crippen LogP contribution in [0.5, 0.6) is 0 Å². The molecule has 17 heavy (non-hydrogen) atoms. The molecule has 1 aliphatic carbocycles. The predicted octanol–water partition coefficient (Wildman–Crippen LogP) is 3.77. The van der Waals surface area contributed by atoms with Crippen LogP contribution in [0.3, 0.4) is 0 Å². The molecule has 1 fully saturated rings. The van der Waals surface area contributed by atoms with Crippen LogP contribution < -0.4 is 5.32 Å². The molecule has 2 rings (SSSR count). The first kappa shape index (κ1) is 11.9. The lowest BCUT2D eigenvalue weighted by Gasteiger charge is -2.32. The van der Waals surface area contributed by atoms with Crippen LogP contribution in [0.25, 0.3) is 0 Å². The van der Waals surface area contributed by atoms with Crippen molar-refractivity contribution >= 4 is 5.69 Å². The average Bonchev–Trinajstić information content (AvgIpc) is 2.29. The number of aryl methyl sites for hydroxylation is 1. The summed E-state index contributed by atoms with van der Waals surface area (Å²) in [6, 6.07) is 7.21. The minimum Gasteiger partial charge on any atom is -0.367 e. The van der Waals surface area contributed by atoms with Gasteiger partial charge in [-0.2, -0.15) is 5.26 Å². The Hall–Kier alpha value is -1.56. The summed E-state index contributed by atoms with van der Waals surface area (Å²) in [5, 5.41) is 12.6. The maximum atomic E-state index is 13.3. The second kappa shape index (κ2) is 4.75. The molecule has 1 N–H and O–H groups in total. The number of nitriles is 1. The summed E-state index contributed by atoms with van der Waals surface area (Å²) in [5.74, 6) is -0.253. The molecule has 0 radical (unpaired) electrons. The first-order chi connectivity index (χ1) is 8.13. The zero-order valence-corrected chi connectivity index (χ0v) is 10.1. The molecule has 0 heterocycles. The van der Waals surface area contributed by atoms with E-state index in [0.29, 0.717) is 5.69 Å². The molecule has 0 spiro atoms. The summed E-state index contributed by atoms with van der Waals surface area (Å²) in [6.45, 7) is 1.86. The third kappa shape index (κ3) is 2.76. The number of anilines is 1. The zero-order chi connectivity index (χ0) is 12.3. The molecule has 1 aliphatic rings. The third-order valence-corrected chi connectivity index (χ3v) is 3.35. The smallest absolute Gasteiger partial charge is 0.125 e. The van der Waals surface area contributed by atoms with Crippen molar-refractivity contribution in [1.82, 2.24) is 0 Å². The van der Waals surface area contributed by atoms with Gasteiger partial charge in [-0.1, -0.05) is 19.3 Å². The molecular formula is C14H17FN2. The van der Waals surface area contributed by atoms with E-state index in [1.807, 2.05) is 13.0 Å². The lowest BCUT2D eigenvalue weighted by Crippen LogP contribution is -2.38. The Morgan fingerprint density at radius 1 is 1.24 bits per heavy atom. The predicted molar refractivity (Wildman–Crippen MR) is 66.2 cm³/mol. The van der Waals surface area contributed by atoms with E-state index in [0.717, 1.165) is 31.2 Å². The van der Waals surface area contributed by atoms with E-state index >= 15 is 0 Å². The van der Waals surface area contributed by atoms with Gasteiger partial charge in [0.1, 0.15) is 11.4 Å². The van der Waals surface area contributed by atoms with Crippen molar-refractivity contribution in [2.45, 2.75) is 44.6 Å². The average molecular weight is 232 g/mol. The molecule has 1 saturated carbocycles. The number of nitrogens with zero attached hydrogens (tertiary/aromatic N) is 1. The Bertz CT molecular complexity index is 422. The van der Waals surface area contributed by atoms with Crippen LogP contribution in [0, 0.1) is 24.1 Å². The van der Waals surface area contributed by atoms with E-state index in [1.165, 1.54) is 18.6 Å². The fraction of sp³-hybridized carbons (Fsp3) is 0.500. The van der Waals surface area contributed by atoms with E-state index < -0.39 is 5.54 Å². The maximum Gasteiger partial charge on any atom is 0.125 e. The normalized spacial score (nSPS) is 18.4. The summed E-state index contributed by atoms with van der Waals surface area (Å²) < 4.78 is 13.3. The molecule has 1 aromatic carbocycles. The number of halogens is 1. The Labute approximate surface area is 101 Å². The molecule has 0 saturated heterocycles. The molecule has 2 nitrogen and oxygen atoms in total. The van der Waals surface area contributed by atoms with Gasteiger partial charge in [-0.05, 0) is 43.5 Å². The van der Waals surface area contributed by atoms with Crippen LogP contribution in [-0.4, -0.2) is 5.54 Å². The lowest BCUT2D eigenvalue weighted by molar-refractivity contribution is 0.392. The zero-order valence-electron chi connectivity index (χ0n) is 10.1. The topological polar surface area (TPSA) is 35.8 Å². The van der Waals surface area contributed by atoms with Gasteiger partial charge < -0.3 is 5.32 Å². The molecule has 3 heteroatoms. The van der Waals surface area contributed by atoms with Crippen molar-refractivity contribution in [2.24, 2.45) is 0 Å². The van der Waals surface area contributed by atoms with Gasteiger partial charge in [-0.25, -0.2) is 4.39 Å². The Morgan fingerprint density at radius 3 is 2.53 bits per heavy atom. The van der Waals surface area contributed by atoms with Crippen molar-refractivity contribution in [3.05, 3.63) is 29.6 Å². The van der Waals surface area contributed by atoms with Crippen molar-refractivity contribution in [3.8, 4) is 6.07 Å². The summed E-state index contributed by atoms with van der Waals surface area (Å²) in [4.78, 5) is 0. The van der Waals surface area contributed by atoms with E-state index in [1.54, 1.807) is 0 Å². The van der Waals surface area contributed by atoms with Crippen LogP contribution in [0.4, 0.5) is 10.1 Å². The highest BCUT2D eigenvalue weighted by Crippen LogP contribution is 2.31. The Balaban J connectivity index is 2.21. The SMILES string of the molecule is Cc1cc(F)cc(NC2(C#N)CCCCC2)c1. The van der Waals surface area contributed by atoms with Gasteiger partial charge in [0.15, 0.2) is 0 Å². The monoisotopic (exact) mass is 232 g/mol. The van der Waals surface area contributed by atoms with E-state index in [4.69, 9.17) is 0 Å². The van der Waals surface area contributed by atoms with Crippen LogP contribution in [0.15, 0.2) is 18.2 Å². The Kier molecular flexibility index (Phi) is 3.33. The third-order valence-electron chi connectivity index (χ3n) is 3.35. The first-order valence-corrected chi connectivity index (χ1v) is 6.10. The number of benzene rings is 1. The quantitative estimate of drug-likeness (QED) is 0.842. The molecule has 90 valence electrons. The second-order valence-corrected chi connectivity index (χ2v) is 4.90. The van der Waals surface area contributed by atoms with Crippen LogP contribution in [0.1, 0.15) is 37.7 Å². The van der Waals surface area contributed by atoms with Gasteiger partial charge >= 0.3 is 0 Å². The molecule has 0 bridgehead atoms. The standard InChI is InChI=1S/C14H17FN2/c1-11-7-12(15)9-13(8-11)17-14(10-16)5-3-2-4-6-14/h7-9,17H,2-6H2,1H3. The van der Waals surface area contributed by atoms with Crippen molar-refractivity contribution < 1.29 is 4.39 Å². The van der Waals surface area contributed by atoms with Gasteiger partial charge in [0.05, 0.1) is 6.07 Å². The molecule has 1 aromatic rings. The number of nitrogens with one attached hydrogen (secondary N) is 1. The van der Waals surface area contributed by atoms with E-state index in [-0.39, 0.29) is 5.82 Å². The highest BCUT2D eigenvalue weighted by molar-refractivity contribution is 5.50. The molecular weight excluding hydrogens is 215 g/mol. The number of hydrogen-bond acceptors (Lipinski definition) is 2. The highest BCUT2D eigenvalue weighted by Gasteiger charge is 2.31. The van der Waals surface area contributed by atoms with Crippen LogP contribution >= 0.6 is 0 Å². The molecule has 0 atom stereocenters. The summed E-state index contributed by atoms with van der Waals surface area (Å²) in [5.41, 5.74) is 1.08. The van der Waals surface area contributed by atoms with Crippen molar-refractivity contribution in [2.75, 3.05) is 5.32 Å². The second-order valence-electron chi connectivity index (χ2n) is 4.90. The van der Waals surface area contributed by atoms with Crippen molar-refractivity contribution in [3.63, 3.8) is 0 Å². The minimum atomic E-state index is -0.502. The lowest BCUT2D eigenvalue weighted by atomic mass is 9.82. The summed E-state index contributed by atoms with van der Waals surface area (Å²) in [7, 11) is 0. The van der Waals surface area contributed by atoms with Crippen molar-refractivity contribution in [1.29, 1.82) is 5.26 Å². The first-order valence-electron chi connectivity index (χ1n) is 6.10. The van der Waals surface area contributed by atoms with E-state index in [2.05, 4.69) is 11.4 Å². The van der Waals surface area contributed by atoms with Crippen LogP contribution in [-0.2, 0) is 0 Å². The van der Waals surface area contributed by atoms with Gasteiger partial charge in [0.25, 0.3) is 0 Å². The van der Waals surface area contributed by atoms with E-state index in [9.17, 15) is 9.65 Å². The largest absolute Gasteiger partial charge is 0.367 e. The van der Waals surface area contributed by atoms with Crippen LogP contribution in [0.2, 0.25) is 0 Å². The molecule has 0 aromatic heterocycles. The molecule has 0 amide bonds. The highest BCUT2D eigenvalue weighted by atomic mass is 19.1. The van der Waals surface area contributed by atoms with Gasteiger partial charge in [-0.15, -0.1) is 0 Å². The van der Waals surface area contributed by atoms with Gasteiger partial charge in [0.2, 0.25) is 0 Å². The number of rotatable bonds is 2. The fourth-order valence-corrected chi connectivity index (χ4v) is 2.50. The summed E-state index contributed by atoms with van der Waals surface area (Å²) >= 11 is 0. The molecule has 0 aliphatic heterocycles. The Morgan fingerprint density at radius 2 is 1.94 bits per heavy atom. The van der Waals surface area contributed by atoms with Gasteiger partial charge in [0, 0.05) is 5.69 Å². The van der Waals surface area contributed by atoms with Gasteiger partial charge in [-0.3, -0.25) is 0 Å². The maximum absolute atomic E-state index is 13.3. The number of hydrogen-bond donors (Lipinski definition) is 1. The fourth-order valence-electron chi connectivity index (χ4n) is 2.50.